The molecular weight excluding hydrogens is 128 g/mol. The fourth-order valence-corrected chi connectivity index (χ4v) is 0.693. The van der Waals surface area contributed by atoms with Crippen molar-refractivity contribution in [3.8, 4) is 0 Å². The molecular formula is C7H11N2O+. The van der Waals surface area contributed by atoms with Gasteiger partial charge in [0.05, 0.1) is 12.3 Å². The maximum atomic E-state index is 7.46. The van der Waals surface area contributed by atoms with Gasteiger partial charge in [-0.2, -0.15) is 0 Å². The zero-order chi connectivity index (χ0) is 7.56. The van der Waals surface area contributed by atoms with Gasteiger partial charge in [0.1, 0.15) is 0 Å². The summed E-state index contributed by atoms with van der Waals surface area (Å²) in [5, 5.41) is 0. The average molecular weight is 139 g/mol. The summed E-state index contributed by atoms with van der Waals surface area (Å²) in [4.78, 5) is 0. The van der Waals surface area contributed by atoms with Crippen molar-refractivity contribution < 1.29 is 9.11 Å². The number of nitrogens with zero attached hydrogens (tertiary/aromatic N) is 1. The summed E-state index contributed by atoms with van der Waals surface area (Å²) in [5.74, 6) is 0. The fraction of sp³-hybridized carbons (Fsp3) is 0.429. The van der Waals surface area contributed by atoms with E-state index in [4.69, 9.17) is 9.95 Å². The van der Waals surface area contributed by atoms with E-state index < -0.39 is 0 Å². The van der Waals surface area contributed by atoms with Crippen LogP contribution in [0.1, 0.15) is 13.8 Å². The Kier molecular flexibility index (Phi) is 1.85. The van der Waals surface area contributed by atoms with E-state index in [0.29, 0.717) is 0 Å². The first-order valence-electron chi connectivity index (χ1n) is 3.24. The summed E-state index contributed by atoms with van der Waals surface area (Å²) >= 11 is 0. The Morgan fingerprint density at radius 3 is 2.70 bits per heavy atom. The molecule has 10 heavy (non-hydrogen) atoms. The first kappa shape index (κ1) is 6.99. The lowest BCUT2D eigenvalue weighted by molar-refractivity contribution is -0.566. The van der Waals surface area contributed by atoms with Crippen LogP contribution >= 0.6 is 0 Å². The van der Waals surface area contributed by atoms with E-state index in [0.717, 1.165) is 5.69 Å². The van der Waals surface area contributed by atoms with Gasteiger partial charge in [-0.15, -0.1) is 0 Å². The molecule has 0 aliphatic rings. The third-order valence-electron chi connectivity index (χ3n) is 1.30. The third-order valence-corrected chi connectivity index (χ3v) is 1.30. The van der Waals surface area contributed by atoms with Gasteiger partial charge in [0, 0.05) is 0 Å². The maximum absolute atomic E-state index is 7.46. The normalized spacial score (nSPS) is 10.3. The number of furan rings is 1. The quantitative estimate of drug-likeness (QED) is 0.496. The molecule has 0 amide bonds. The minimum atomic E-state index is 0.192. The molecule has 0 unspecified atom stereocenters. The third kappa shape index (κ3) is 1.23. The van der Waals surface area contributed by atoms with Crippen LogP contribution in [0.3, 0.4) is 0 Å². The summed E-state index contributed by atoms with van der Waals surface area (Å²) < 4.78 is 6.23. The molecule has 0 saturated carbocycles. The molecule has 0 aliphatic heterocycles. The van der Waals surface area contributed by atoms with Crippen molar-refractivity contribution in [3.05, 3.63) is 18.6 Å². The lowest BCUT2D eigenvalue weighted by Crippen LogP contribution is -2.09. The van der Waals surface area contributed by atoms with Gasteiger partial charge in [0.15, 0.2) is 12.3 Å². The molecule has 0 aliphatic carbocycles. The summed E-state index contributed by atoms with van der Waals surface area (Å²) in [6, 6.07) is 1.96. The van der Waals surface area contributed by atoms with Crippen LogP contribution in [0, 0.1) is 5.53 Å². The highest BCUT2D eigenvalue weighted by molar-refractivity contribution is 5.21. The van der Waals surface area contributed by atoms with Gasteiger partial charge in [-0.1, -0.05) is 10.2 Å². The van der Waals surface area contributed by atoms with Gasteiger partial charge in [0.25, 0.3) is 5.69 Å². The van der Waals surface area contributed by atoms with Crippen LogP contribution in [-0.4, -0.2) is 10.7 Å². The summed E-state index contributed by atoms with van der Waals surface area (Å²) in [6.45, 7) is 3.92. The van der Waals surface area contributed by atoms with Crippen LogP contribution in [0.5, 0.6) is 0 Å². The number of hydrogen-bond donors (Lipinski definition) is 1. The van der Waals surface area contributed by atoms with Crippen molar-refractivity contribution in [3.63, 3.8) is 0 Å². The zero-order valence-corrected chi connectivity index (χ0v) is 6.16. The van der Waals surface area contributed by atoms with Crippen LogP contribution in [0.2, 0.25) is 0 Å². The van der Waals surface area contributed by atoms with Crippen molar-refractivity contribution in [2.24, 2.45) is 0 Å². The first-order valence-corrected chi connectivity index (χ1v) is 3.24. The molecule has 1 aromatic heterocycles. The summed E-state index contributed by atoms with van der Waals surface area (Å²) in [5.41, 5.74) is 8.26. The lowest BCUT2D eigenvalue weighted by Gasteiger charge is -1.94. The average Bonchev–Trinajstić information content (AvgIpc) is 2.36. The molecule has 1 N–H and O–H groups in total. The minimum absolute atomic E-state index is 0.192. The standard InChI is InChI=1S/C7H11N2O/c1-6(2)9(8)7-3-4-10-5-7/h3-6,8H,1-2H3/q+1. The van der Waals surface area contributed by atoms with Gasteiger partial charge in [0.2, 0.25) is 0 Å². The predicted octanol–water partition coefficient (Wildman–Crippen LogP) is 2.36. The van der Waals surface area contributed by atoms with E-state index in [9.17, 15) is 0 Å². The Labute approximate surface area is 59.8 Å². The van der Waals surface area contributed by atoms with Crippen molar-refractivity contribution in [2.75, 3.05) is 0 Å². The van der Waals surface area contributed by atoms with E-state index in [1.165, 1.54) is 4.70 Å². The van der Waals surface area contributed by atoms with E-state index in [1.54, 1.807) is 18.6 Å². The molecule has 0 bridgehead atoms. The molecule has 0 saturated heterocycles. The Bertz CT molecular complexity index is 214. The second kappa shape index (κ2) is 2.64. The Hall–Kier alpha value is -1.12. The maximum Gasteiger partial charge on any atom is 0.269 e. The predicted molar refractivity (Wildman–Crippen MR) is 36.5 cm³/mol. The van der Waals surface area contributed by atoms with E-state index in [1.807, 2.05) is 13.8 Å². The molecule has 0 spiro atoms. The highest BCUT2D eigenvalue weighted by atomic mass is 16.3. The molecule has 0 atom stereocenters. The Balaban J connectivity index is 2.78. The highest BCUT2D eigenvalue weighted by Crippen LogP contribution is 2.12. The molecule has 0 aromatic carbocycles. The largest absolute Gasteiger partial charge is 0.465 e. The van der Waals surface area contributed by atoms with Crippen LogP contribution in [-0.2, 0) is 0 Å². The molecule has 0 fully saturated rings. The second-order valence-corrected chi connectivity index (χ2v) is 2.45. The molecule has 1 heterocycles. The molecule has 1 aromatic rings. The van der Waals surface area contributed by atoms with Gasteiger partial charge in [-0.3, -0.25) is 0 Å². The smallest absolute Gasteiger partial charge is 0.269 e. The molecule has 54 valence electrons. The first-order chi connectivity index (χ1) is 4.72. The molecule has 0 radical (unpaired) electrons. The number of hydrogen-bond acceptors (Lipinski definition) is 2. The van der Waals surface area contributed by atoms with Crippen molar-refractivity contribution >= 4 is 5.69 Å². The van der Waals surface area contributed by atoms with Gasteiger partial charge < -0.3 is 4.42 Å². The monoisotopic (exact) mass is 139 g/mol. The summed E-state index contributed by atoms with van der Waals surface area (Å²) in [6.07, 6.45) is 3.13. The number of nitrogens with one attached hydrogen (secondary N) is 1. The van der Waals surface area contributed by atoms with Crippen LogP contribution in [0.25, 0.3) is 0 Å². The second-order valence-electron chi connectivity index (χ2n) is 2.45. The lowest BCUT2D eigenvalue weighted by atomic mass is 10.3. The van der Waals surface area contributed by atoms with Crippen molar-refractivity contribution in [1.82, 2.24) is 0 Å². The molecule has 1 rings (SSSR count). The number of rotatable bonds is 2. The molecule has 3 heteroatoms. The van der Waals surface area contributed by atoms with Gasteiger partial charge in [-0.05, 0) is 13.8 Å². The zero-order valence-electron chi connectivity index (χ0n) is 6.16. The summed E-state index contributed by atoms with van der Waals surface area (Å²) in [7, 11) is 0. The Morgan fingerprint density at radius 2 is 2.30 bits per heavy atom. The van der Waals surface area contributed by atoms with E-state index in [-0.39, 0.29) is 6.04 Å². The highest BCUT2D eigenvalue weighted by Gasteiger charge is 2.13. The van der Waals surface area contributed by atoms with Crippen LogP contribution in [0.15, 0.2) is 23.0 Å². The van der Waals surface area contributed by atoms with Crippen molar-refractivity contribution in [1.29, 1.82) is 5.53 Å². The fourth-order valence-electron chi connectivity index (χ4n) is 0.693. The van der Waals surface area contributed by atoms with Crippen LogP contribution in [0.4, 0.5) is 5.69 Å². The van der Waals surface area contributed by atoms with E-state index in [2.05, 4.69) is 0 Å². The Morgan fingerprint density at radius 1 is 1.60 bits per heavy atom. The minimum Gasteiger partial charge on any atom is -0.465 e. The van der Waals surface area contributed by atoms with Crippen molar-refractivity contribution in [2.45, 2.75) is 19.9 Å². The van der Waals surface area contributed by atoms with E-state index >= 15 is 0 Å². The van der Waals surface area contributed by atoms with Crippen LogP contribution < -0.4 is 0 Å². The molecule has 3 nitrogen and oxygen atoms in total. The topological polar surface area (TPSA) is 40.0 Å². The van der Waals surface area contributed by atoms with Gasteiger partial charge in [-0.25, -0.2) is 0 Å². The SMILES string of the molecule is CC(C)[N+](=N)c1ccoc1. The van der Waals surface area contributed by atoms with Gasteiger partial charge >= 0.3 is 0 Å².